The van der Waals surface area contributed by atoms with Gasteiger partial charge in [0.2, 0.25) is 12.2 Å². The summed E-state index contributed by atoms with van der Waals surface area (Å²) in [5.74, 6) is -0.301. The number of carbonyl (C=O) groups excluding carboxylic acids is 1. The van der Waals surface area contributed by atoms with Crippen molar-refractivity contribution in [3.8, 4) is 6.19 Å². The summed E-state index contributed by atoms with van der Waals surface area (Å²) in [4.78, 5) is 12.9. The van der Waals surface area contributed by atoms with Crippen LogP contribution in [0.3, 0.4) is 0 Å². The normalized spacial score (nSPS) is 9.89. The van der Waals surface area contributed by atoms with Crippen molar-refractivity contribution >= 4 is 12.0 Å². The molecule has 0 atom stereocenters. The number of hydrogen-bond donors (Lipinski definition) is 3. The smallest absolute Gasteiger partial charge is 0.318 e. The zero-order chi connectivity index (χ0) is 7.28. The van der Waals surface area contributed by atoms with Gasteiger partial charge in [0, 0.05) is 0 Å². The van der Waals surface area contributed by atoms with Gasteiger partial charge in [-0.05, 0) is 0 Å². The molecule has 0 fully saturated rings. The lowest BCUT2D eigenvalue weighted by Crippen LogP contribution is -2.39. The van der Waals surface area contributed by atoms with Crippen LogP contribution in [0.4, 0.5) is 4.79 Å². The summed E-state index contributed by atoms with van der Waals surface area (Å²) in [5, 5.41) is 9.73. The maximum atomic E-state index is 9.93. The van der Waals surface area contributed by atoms with Crippen molar-refractivity contribution in [2.45, 2.75) is 0 Å². The largest absolute Gasteiger partial charge is 0.369 e. The Morgan fingerprint density at radius 3 is 2.56 bits per heavy atom. The average molecular weight is 127 g/mol. The van der Waals surface area contributed by atoms with Gasteiger partial charge in [-0.15, -0.1) is 4.99 Å². The van der Waals surface area contributed by atoms with Crippen LogP contribution in [0, 0.1) is 11.5 Å². The van der Waals surface area contributed by atoms with E-state index in [4.69, 9.17) is 11.0 Å². The van der Waals surface area contributed by atoms with Gasteiger partial charge >= 0.3 is 6.03 Å². The monoisotopic (exact) mass is 127 g/mol. The van der Waals surface area contributed by atoms with Gasteiger partial charge in [0.1, 0.15) is 0 Å². The van der Waals surface area contributed by atoms with Crippen LogP contribution in [0.15, 0.2) is 4.99 Å². The van der Waals surface area contributed by atoms with Crippen LogP contribution >= 0.6 is 0 Å². The number of guanidine groups is 1. The third kappa shape index (κ3) is 4.08. The maximum Gasteiger partial charge on any atom is 0.318 e. The Hall–Kier alpha value is -1.77. The Bertz CT molecular complexity index is 177. The van der Waals surface area contributed by atoms with E-state index in [1.54, 1.807) is 0 Å². The number of amides is 2. The topological polar surface area (TPSA) is 117 Å². The molecule has 2 amide bonds. The standard InChI is InChI=1S/C3H5N5O/c4-1-7-2(5)8-3(6)9/h(H5,5,6,7,8,9). The van der Waals surface area contributed by atoms with Gasteiger partial charge in [0.25, 0.3) is 0 Å². The first-order valence-electron chi connectivity index (χ1n) is 1.95. The van der Waals surface area contributed by atoms with Crippen molar-refractivity contribution in [1.82, 2.24) is 5.32 Å². The molecule has 0 saturated carbocycles. The van der Waals surface area contributed by atoms with Crippen molar-refractivity contribution < 1.29 is 4.79 Å². The molecule has 0 radical (unpaired) electrons. The van der Waals surface area contributed by atoms with Gasteiger partial charge in [0.15, 0.2) is 0 Å². The third-order valence-electron chi connectivity index (χ3n) is 0.422. The average Bonchev–Trinajstić information content (AvgIpc) is 1.63. The lowest BCUT2D eigenvalue weighted by atomic mass is 10.9. The molecule has 6 heteroatoms. The minimum absolute atomic E-state index is 0.301. The summed E-state index contributed by atoms with van der Waals surface area (Å²) < 4.78 is 0. The quantitative estimate of drug-likeness (QED) is 0.207. The Morgan fingerprint density at radius 2 is 2.22 bits per heavy atom. The molecular weight excluding hydrogens is 122 g/mol. The first-order chi connectivity index (χ1) is 4.16. The molecule has 0 aromatic carbocycles. The molecule has 48 valence electrons. The second-order valence-corrected chi connectivity index (χ2v) is 1.09. The van der Waals surface area contributed by atoms with Crippen molar-refractivity contribution in [2.24, 2.45) is 16.5 Å². The van der Waals surface area contributed by atoms with Crippen LogP contribution in [0.5, 0.6) is 0 Å². The molecule has 6 nitrogen and oxygen atoms in total. The van der Waals surface area contributed by atoms with Gasteiger partial charge in [-0.1, -0.05) is 0 Å². The molecular formula is C3H5N5O. The number of aliphatic imine (C=N–C) groups is 1. The first-order valence-corrected chi connectivity index (χ1v) is 1.95. The molecule has 0 spiro atoms. The summed E-state index contributed by atoms with van der Waals surface area (Å²) in [6, 6.07) is -0.841. The highest BCUT2D eigenvalue weighted by Crippen LogP contribution is 1.59. The van der Waals surface area contributed by atoms with Gasteiger partial charge in [-0.3, -0.25) is 5.32 Å². The van der Waals surface area contributed by atoms with Crippen LogP contribution in [-0.2, 0) is 0 Å². The van der Waals surface area contributed by atoms with E-state index < -0.39 is 6.03 Å². The number of nitriles is 1. The highest BCUT2D eigenvalue weighted by Gasteiger charge is 1.92. The van der Waals surface area contributed by atoms with E-state index in [9.17, 15) is 4.79 Å². The molecule has 0 aliphatic rings. The second-order valence-electron chi connectivity index (χ2n) is 1.09. The SMILES string of the molecule is N#CN=C(N)NC(N)=O. The number of hydrogen-bond acceptors (Lipinski definition) is 3. The molecule has 0 aromatic heterocycles. The predicted octanol–water partition coefficient (Wildman–Crippen LogP) is -1.55. The number of nitrogens with zero attached hydrogens (tertiary/aromatic N) is 2. The number of nitrogens with one attached hydrogen (secondary N) is 1. The Balaban J connectivity index is 3.80. The number of urea groups is 1. The summed E-state index contributed by atoms with van der Waals surface area (Å²) in [6.07, 6.45) is 1.37. The molecule has 0 saturated heterocycles. The highest BCUT2D eigenvalue weighted by atomic mass is 16.2. The van der Waals surface area contributed by atoms with E-state index in [0.717, 1.165) is 0 Å². The zero-order valence-electron chi connectivity index (χ0n) is 4.46. The summed E-state index contributed by atoms with van der Waals surface area (Å²) >= 11 is 0. The predicted molar refractivity (Wildman–Crippen MR) is 30.0 cm³/mol. The Labute approximate surface area is 51.1 Å². The number of carbonyl (C=O) groups is 1. The summed E-state index contributed by atoms with van der Waals surface area (Å²) in [6.45, 7) is 0. The number of rotatable bonds is 0. The van der Waals surface area contributed by atoms with Crippen molar-refractivity contribution in [3.63, 3.8) is 0 Å². The number of nitrogens with two attached hydrogens (primary N) is 2. The fourth-order valence-electron chi connectivity index (χ4n) is 0.208. The zero-order valence-corrected chi connectivity index (χ0v) is 4.46. The molecule has 0 unspecified atom stereocenters. The Morgan fingerprint density at radius 1 is 1.67 bits per heavy atom. The lowest BCUT2D eigenvalue weighted by molar-refractivity contribution is 0.253. The molecule has 0 bridgehead atoms. The molecule has 0 aliphatic carbocycles. The summed E-state index contributed by atoms with van der Waals surface area (Å²) in [7, 11) is 0. The van der Waals surface area contributed by atoms with E-state index in [-0.39, 0.29) is 5.96 Å². The van der Waals surface area contributed by atoms with E-state index in [2.05, 4.69) is 10.7 Å². The van der Waals surface area contributed by atoms with Crippen LogP contribution < -0.4 is 16.8 Å². The Kier molecular flexibility index (Phi) is 2.62. The van der Waals surface area contributed by atoms with Crippen LogP contribution in [0.2, 0.25) is 0 Å². The van der Waals surface area contributed by atoms with Crippen LogP contribution in [-0.4, -0.2) is 12.0 Å². The van der Waals surface area contributed by atoms with E-state index in [1.807, 2.05) is 5.32 Å². The molecule has 0 heterocycles. The number of primary amides is 1. The third-order valence-corrected chi connectivity index (χ3v) is 0.422. The minimum Gasteiger partial charge on any atom is -0.369 e. The fraction of sp³-hybridized carbons (Fsp3) is 0. The fourth-order valence-corrected chi connectivity index (χ4v) is 0.208. The van der Waals surface area contributed by atoms with Crippen LogP contribution in [0.1, 0.15) is 0 Å². The van der Waals surface area contributed by atoms with E-state index in [0.29, 0.717) is 0 Å². The van der Waals surface area contributed by atoms with E-state index >= 15 is 0 Å². The summed E-state index contributed by atoms with van der Waals surface area (Å²) in [5.41, 5.74) is 9.50. The van der Waals surface area contributed by atoms with Gasteiger partial charge < -0.3 is 11.5 Å². The van der Waals surface area contributed by atoms with Gasteiger partial charge in [0.05, 0.1) is 0 Å². The van der Waals surface area contributed by atoms with Crippen molar-refractivity contribution in [1.29, 1.82) is 5.26 Å². The van der Waals surface area contributed by atoms with Gasteiger partial charge in [-0.2, -0.15) is 5.26 Å². The lowest BCUT2D eigenvalue weighted by Gasteiger charge is -1.93. The molecule has 0 aliphatic heterocycles. The second kappa shape index (κ2) is 3.26. The molecule has 0 aromatic rings. The molecule has 9 heavy (non-hydrogen) atoms. The van der Waals surface area contributed by atoms with E-state index in [1.165, 1.54) is 6.19 Å². The first kappa shape index (κ1) is 7.23. The molecule has 0 rings (SSSR count). The van der Waals surface area contributed by atoms with Crippen LogP contribution in [0.25, 0.3) is 0 Å². The van der Waals surface area contributed by atoms with Gasteiger partial charge in [-0.25, -0.2) is 4.79 Å². The van der Waals surface area contributed by atoms with Crippen molar-refractivity contribution in [2.75, 3.05) is 0 Å². The maximum absolute atomic E-state index is 9.93. The minimum atomic E-state index is -0.841. The highest BCUT2D eigenvalue weighted by molar-refractivity contribution is 5.94. The molecule has 5 N–H and O–H groups in total. The van der Waals surface area contributed by atoms with Crippen molar-refractivity contribution in [3.05, 3.63) is 0 Å².